The summed E-state index contributed by atoms with van der Waals surface area (Å²) >= 11 is 9.40. The van der Waals surface area contributed by atoms with Crippen LogP contribution in [-0.2, 0) is 16.1 Å². The number of halogens is 2. The Bertz CT molecular complexity index is 1000. The Hall–Kier alpha value is -2.78. The van der Waals surface area contributed by atoms with Gasteiger partial charge >= 0.3 is 12.0 Å². The molecule has 0 bridgehead atoms. The molecule has 0 spiro atoms. The van der Waals surface area contributed by atoms with E-state index in [2.05, 4.69) is 26.0 Å². The maximum Gasteiger partial charge on any atom is 0.373 e. The van der Waals surface area contributed by atoms with Crippen LogP contribution in [0.1, 0.15) is 21.9 Å². The number of hydrogen-bond acceptors (Lipinski definition) is 6. The van der Waals surface area contributed by atoms with E-state index < -0.39 is 17.9 Å². The number of amides is 3. The maximum absolute atomic E-state index is 12.6. The topological polar surface area (TPSA) is 98.1 Å². The molecule has 1 aromatic heterocycles. The molecule has 8 nitrogen and oxygen atoms in total. The number of nitrogens with one attached hydrogen (secondary N) is 1. The number of rotatable bonds is 5. The highest BCUT2D eigenvalue weighted by molar-refractivity contribution is 9.10. The molecule has 1 aliphatic rings. The average molecular weight is 470 g/mol. The molecular weight excluding hydrogens is 456 g/mol. The summed E-state index contributed by atoms with van der Waals surface area (Å²) in [6.07, 6.45) is 1.47. The summed E-state index contributed by atoms with van der Waals surface area (Å²) in [5, 5.41) is 2.93. The van der Waals surface area contributed by atoms with Crippen LogP contribution in [0.2, 0.25) is 5.02 Å². The SMILES string of the molecule is COC(=O)c1ccc(CN2C(=O)N/C(=C\c3cc(Cl)cc(Br)c3OC)C2=O)o1. The van der Waals surface area contributed by atoms with Gasteiger partial charge in [-0.1, -0.05) is 11.6 Å². The molecule has 1 fully saturated rings. The zero-order valence-corrected chi connectivity index (χ0v) is 17.1. The minimum absolute atomic E-state index is 0.0196. The second-order valence-corrected chi connectivity index (χ2v) is 6.94. The standard InChI is InChI=1S/C18H14BrClN2O6/c1-26-15-9(5-10(20)7-12(15)19)6-13-16(23)22(18(25)21-13)8-11-3-4-14(28-11)17(24)27-2/h3-7H,8H2,1-2H3,(H,21,25)/b13-6-. The van der Waals surface area contributed by atoms with Crippen LogP contribution in [0.4, 0.5) is 4.79 Å². The van der Waals surface area contributed by atoms with Gasteiger partial charge in [0.15, 0.2) is 0 Å². The van der Waals surface area contributed by atoms with E-state index in [1.807, 2.05) is 0 Å². The van der Waals surface area contributed by atoms with Crippen LogP contribution in [-0.4, -0.2) is 37.0 Å². The molecule has 3 amide bonds. The largest absolute Gasteiger partial charge is 0.495 e. The zero-order valence-electron chi connectivity index (χ0n) is 14.7. The molecule has 10 heteroatoms. The van der Waals surface area contributed by atoms with E-state index in [0.717, 1.165) is 4.90 Å². The van der Waals surface area contributed by atoms with Crippen molar-refractivity contribution in [1.29, 1.82) is 0 Å². The smallest absolute Gasteiger partial charge is 0.373 e. The number of imide groups is 1. The molecule has 0 aliphatic carbocycles. The summed E-state index contributed by atoms with van der Waals surface area (Å²) in [7, 11) is 2.70. The second-order valence-electron chi connectivity index (χ2n) is 5.65. The number of nitrogens with zero attached hydrogens (tertiary/aromatic N) is 1. The predicted octanol–water partition coefficient (Wildman–Crippen LogP) is 3.58. The van der Waals surface area contributed by atoms with Crippen LogP contribution in [0.15, 0.2) is 38.9 Å². The van der Waals surface area contributed by atoms with Crippen molar-refractivity contribution in [3.8, 4) is 5.75 Å². The van der Waals surface area contributed by atoms with E-state index in [0.29, 0.717) is 20.8 Å². The normalized spacial score (nSPS) is 15.1. The highest BCUT2D eigenvalue weighted by Crippen LogP contribution is 2.34. The molecule has 0 unspecified atom stereocenters. The molecule has 0 atom stereocenters. The first-order valence-corrected chi connectivity index (χ1v) is 9.05. The molecule has 1 aliphatic heterocycles. The van der Waals surface area contributed by atoms with Gasteiger partial charge in [0, 0.05) is 10.6 Å². The Morgan fingerprint density at radius 1 is 1.32 bits per heavy atom. The number of hydrogen-bond donors (Lipinski definition) is 1. The van der Waals surface area contributed by atoms with Gasteiger partial charge in [0.25, 0.3) is 5.91 Å². The van der Waals surface area contributed by atoms with Crippen LogP contribution >= 0.6 is 27.5 Å². The lowest BCUT2D eigenvalue weighted by molar-refractivity contribution is -0.123. The lowest BCUT2D eigenvalue weighted by atomic mass is 10.1. The van der Waals surface area contributed by atoms with Gasteiger partial charge in [-0.05, 0) is 46.3 Å². The molecule has 0 saturated carbocycles. The van der Waals surface area contributed by atoms with E-state index in [9.17, 15) is 14.4 Å². The zero-order chi connectivity index (χ0) is 20.4. The highest BCUT2D eigenvalue weighted by Gasteiger charge is 2.34. The van der Waals surface area contributed by atoms with Gasteiger partial charge in [0.1, 0.15) is 17.2 Å². The first kappa shape index (κ1) is 20.0. The van der Waals surface area contributed by atoms with Crippen LogP contribution < -0.4 is 10.1 Å². The van der Waals surface area contributed by atoms with Gasteiger partial charge in [-0.25, -0.2) is 9.59 Å². The Morgan fingerprint density at radius 3 is 2.75 bits per heavy atom. The number of ether oxygens (including phenoxy) is 2. The summed E-state index contributed by atoms with van der Waals surface area (Å²) in [5.74, 6) is -0.505. The van der Waals surface area contributed by atoms with Crippen molar-refractivity contribution in [1.82, 2.24) is 10.2 Å². The van der Waals surface area contributed by atoms with E-state index in [-0.39, 0.29) is 23.8 Å². The Balaban J connectivity index is 1.85. The van der Waals surface area contributed by atoms with Crippen molar-refractivity contribution in [2.24, 2.45) is 0 Å². The average Bonchev–Trinajstić information content (AvgIpc) is 3.21. The van der Waals surface area contributed by atoms with Gasteiger partial charge in [-0.15, -0.1) is 0 Å². The Morgan fingerprint density at radius 2 is 2.07 bits per heavy atom. The molecule has 0 radical (unpaired) electrons. The third kappa shape index (κ3) is 3.90. The van der Waals surface area contributed by atoms with Gasteiger partial charge in [-0.3, -0.25) is 9.69 Å². The summed E-state index contributed by atoms with van der Waals surface area (Å²) in [5.41, 5.74) is 0.565. The van der Waals surface area contributed by atoms with Crippen molar-refractivity contribution in [3.05, 3.63) is 56.5 Å². The van der Waals surface area contributed by atoms with E-state index in [1.54, 1.807) is 12.1 Å². The number of furan rings is 1. The second kappa shape index (κ2) is 8.07. The lowest BCUT2D eigenvalue weighted by Gasteiger charge is -2.10. The molecule has 1 aromatic carbocycles. The molecule has 3 rings (SSSR count). The van der Waals surface area contributed by atoms with Gasteiger partial charge in [0.2, 0.25) is 5.76 Å². The van der Waals surface area contributed by atoms with Crippen molar-refractivity contribution in [3.63, 3.8) is 0 Å². The number of esters is 1. The summed E-state index contributed by atoms with van der Waals surface area (Å²) in [4.78, 5) is 37.3. The van der Waals surface area contributed by atoms with Crippen LogP contribution in [0.5, 0.6) is 5.75 Å². The molecule has 28 heavy (non-hydrogen) atoms. The fraction of sp³-hybridized carbons (Fsp3) is 0.167. The van der Waals surface area contributed by atoms with E-state index in [4.69, 9.17) is 20.8 Å². The first-order chi connectivity index (χ1) is 13.3. The quantitative estimate of drug-likeness (QED) is 0.408. The molecule has 1 saturated heterocycles. The summed E-state index contributed by atoms with van der Waals surface area (Å²) in [6.45, 7) is -0.143. The van der Waals surface area contributed by atoms with Gasteiger partial charge < -0.3 is 19.2 Å². The number of carbonyl (C=O) groups excluding carboxylic acids is 3. The number of methoxy groups -OCH3 is 2. The van der Waals surface area contributed by atoms with E-state index >= 15 is 0 Å². The predicted molar refractivity (Wildman–Crippen MR) is 103 cm³/mol. The molecule has 2 heterocycles. The summed E-state index contributed by atoms with van der Waals surface area (Å²) < 4.78 is 15.8. The lowest BCUT2D eigenvalue weighted by Crippen LogP contribution is -2.30. The monoisotopic (exact) mass is 468 g/mol. The number of benzene rings is 1. The molecule has 1 N–H and O–H groups in total. The molecule has 146 valence electrons. The Labute approximate surface area is 173 Å². The molecule has 2 aromatic rings. The van der Waals surface area contributed by atoms with Gasteiger partial charge in [0.05, 0.1) is 25.2 Å². The van der Waals surface area contributed by atoms with Crippen LogP contribution in [0.25, 0.3) is 6.08 Å². The molecular formula is C18H14BrClN2O6. The number of urea groups is 1. The maximum atomic E-state index is 12.6. The fourth-order valence-electron chi connectivity index (χ4n) is 2.60. The fourth-order valence-corrected chi connectivity index (χ4v) is 3.60. The van der Waals surface area contributed by atoms with Crippen LogP contribution in [0, 0.1) is 0 Å². The van der Waals surface area contributed by atoms with Gasteiger partial charge in [-0.2, -0.15) is 0 Å². The van der Waals surface area contributed by atoms with Crippen LogP contribution in [0.3, 0.4) is 0 Å². The van der Waals surface area contributed by atoms with Crippen molar-refractivity contribution >= 4 is 51.5 Å². The Kier molecular flexibility index (Phi) is 5.76. The highest BCUT2D eigenvalue weighted by atomic mass is 79.9. The minimum Gasteiger partial charge on any atom is -0.495 e. The first-order valence-electron chi connectivity index (χ1n) is 7.88. The number of carbonyl (C=O) groups is 3. The third-order valence-electron chi connectivity index (χ3n) is 3.87. The third-order valence-corrected chi connectivity index (χ3v) is 4.67. The van der Waals surface area contributed by atoms with Crippen molar-refractivity contribution in [2.75, 3.05) is 14.2 Å². The van der Waals surface area contributed by atoms with Crippen molar-refractivity contribution in [2.45, 2.75) is 6.54 Å². The van der Waals surface area contributed by atoms with Crippen molar-refractivity contribution < 1.29 is 28.3 Å². The summed E-state index contributed by atoms with van der Waals surface area (Å²) in [6, 6.07) is 5.54. The van der Waals surface area contributed by atoms with E-state index in [1.165, 1.54) is 32.4 Å². The minimum atomic E-state index is -0.650.